The van der Waals surface area contributed by atoms with Crippen LogP contribution < -0.4 is 11.3 Å². The maximum atomic E-state index is 11.4. The van der Waals surface area contributed by atoms with E-state index in [1.54, 1.807) is 10.7 Å². The van der Waals surface area contributed by atoms with Gasteiger partial charge in [0, 0.05) is 24.2 Å². The molecule has 0 saturated heterocycles. The highest BCUT2D eigenvalue weighted by Crippen LogP contribution is 2.34. The molecule has 0 unspecified atom stereocenters. The molecule has 1 aromatic rings. The Bertz CT molecular complexity index is 335. The van der Waals surface area contributed by atoms with Crippen LogP contribution >= 0.6 is 0 Å². The average molecular weight is 181 g/mol. The number of hydrogen-bond acceptors (Lipinski definition) is 2. The second kappa shape index (κ2) is 3.38. The molecule has 1 fully saturated rings. The van der Waals surface area contributed by atoms with Gasteiger partial charge in [0.15, 0.2) is 0 Å². The van der Waals surface area contributed by atoms with Crippen molar-refractivity contribution in [1.29, 1.82) is 0 Å². The molecule has 4 heteroatoms. The fourth-order valence-electron chi connectivity index (χ4n) is 1.68. The van der Waals surface area contributed by atoms with Crippen molar-refractivity contribution in [2.45, 2.75) is 31.7 Å². The maximum Gasteiger partial charge on any atom is 0.266 e. The van der Waals surface area contributed by atoms with Gasteiger partial charge in [-0.3, -0.25) is 14.6 Å². The molecule has 13 heavy (non-hydrogen) atoms. The van der Waals surface area contributed by atoms with E-state index in [0.29, 0.717) is 19.0 Å². The minimum absolute atomic E-state index is 0.0485. The summed E-state index contributed by atoms with van der Waals surface area (Å²) in [6.45, 7) is 1.09. The number of nitrogens with one attached hydrogen (secondary N) is 1. The van der Waals surface area contributed by atoms with E-state index in [1.807, 2.05) is 0 Å². The minimum atomic E-state index is 0.0485. The molecule has 2 rings (SSSR count). The van der Waals surface area contributed by atoms with E-state index in [4.69, 9.17) is 5.73 Å². The first kappa shape index (κ1) is 8.56. The van der Waals surface area contributed by atoms with E-state index in [-0.39, 0.29) is 5.56 Å². The Morgan fingerprint density at radius 3 is 2.92 bits per heavy atom. The van der Waals surface area contributed by atoms with E-state index in [9.17, 15) is 4.79 Å². The molecule has 0 spiro atoms. The zero-order valence-corrected chi connectivity index (χ0v) is 7.62. The van der Waals surface area contributed by atoms with Gasteiger partial charge in [0.2, 0.25) is 0 Å². The quantitative estimate of drug-likeness (QED) is 0.709. The third-order valence-electron chi connectivity index (χ3n) is 2.71. The fourth-order valence-corrected chi connectivity index (χ4v) is 1.68. The molecule has 0 radical (unpaired) electrons. The van der Waals surface area contributed by atoms with Gasteiger partial charge in [-0.15, -0.1) is 0 Å². The van der Waals surface area contributed by atoms with Gasteiger partial charge in [0.1, 0.15) is 0 Å². The lowest BCUT2D eigenvalue weighted by atomic mass is 9.83. The van der Waals surface area contributed by atoms with Crippen LogP contribution in [0.15, 0.2) is 10.9 Å². The van der Waals surface area contributed by atoms with E-state index in [2.05, 4.69) is 5.10 Å². The van der Waals surface area contributed by atoms with Crippen molar-refractivity contribution in [3.8, 4) is 0 Å². The van der Waals surface area contributed by atoms with E-state index < -0.39 is 0 Å². The zero-order valence-electron chi connectivity index (χ0n) is 7.62. The lowest BCUT2D eigenvalue weighted by Crippen LogP contribution is -2.21. The maximum absolute atomic E-state index is 11.4. The van der Waals surface area contributed by atoms with Crippen molar-refractivity contribution in [2.24, 2.45) is 5.73 Å². The molecule has 1 aliphatic rings. The summed E-state index contributed by atoms with van der Waals surface area (Å²) < 4.78 is 1.59. The highest BCUT2D eigenvalue weighted by Gasteiger charge is 2.21. The Hall–Kier alpha value is -1.03. The number of nitrogens with two attached hydrogens (primary N) is 1. The summed E-state index contributed by atoms with van der Waals surface area (Å²) in [6.07, 6.45) is 3.71. The highest BCUT2D eigenvalue weighted by atomic mass is 16.1. The van der Waals surface area contributed by atoms with Crippen LogP contribution in [0.5, 0.6) is 0 Å². The molecule has 1 saturated carbocycles. The smallest absolute Gasteiger partial charge is 0.266 e. The van der Waals surface area contributed by atoms with Gasteiger partial charge in [-0.2, -0.15) is 0 Å². The Balaban J connectivity index is 2.18. The molecule has 4 nitrogen and oxygen atoms in total. The first-order chi connectivity index (χ1) is 6.31. The van der Waals surface area contributed by atoms with Crippen molar-refractivity contribution in [3.63, 3.8) is 0 Å². The second-order valence-electron chi connectivity index (χ2n) is 3.62. The Morgan fingerprint density at radius 1 is 1.62 bits per heavy atom. The summed E-state index contributed by atoms with van der Waals surface area (Å²) >= 11 is 0. The minimum Gasteiger partial charge on any atom is -0.329 e. The van der Waals surface area contributed by atoms with Gasteiger partial charge < -0.3 is 5.73 Å². The molecule has 0 aliphatic heterocycles. The van der Waals surface area contributed by atoms with E-state index >= 15 is 0 Å². The van der Waals surface area contributed by atoms with Crippen molar-refractivity contribution in [3.05, 3.63) is 22.1 Å². The largest absolute Gasteiger partial charge is 0.329 e. The van der Waals surface area contributed by atoms with Crippen LogP contribution in [0.2, 0.25) is 0 Å². The van der Waals surface area contributed by atoms with Crippen molar-refractivity contribution >= 4 is 0 Å². The highest BCUT2D eigenvalue weighted by molar-refractivity contribution is 5.09. The molecule has 0 atom stereocenters. The van der Waals surface area contributed by atoms with Crippen LogP contribution in [0.25, 0.3) is 0 Å². The van der Waals surface area contributed by atoms with E-state index in [1.165, 1.54) is 19.3 Å². The topological polar surface area (TPSA) is 63.8 Å². The van der Waals surface area contributed by atoms with E-state index in [0.717, 1.165) is 5.69 Å². The van der Waals surface area contributed by atoms with Gasteiger partial charge in [0.25, 0.3) is 5.56 Å². The number of aromatic nitrogens is 2. The number of H-pyrrole nitrogens is 1. The van der Waals surface area contributed by atoms with Gasteiger partial charge in [-0.1, -0.05) is 6.42 Å². The number of rotatable bonds is 3. The first-order valence-electron chi connectivity index (χ1n) is 4.81. The summed E-state index contributed by atoms with van der Waals surface area (Å²) in [5, 5.41) is 3.11. The molecule has 1 heterocycles. The molecule has 0 amide bonds. The summed E-state index contributed by atoms with van der Waals surface area (Å²) in [4.78, 5) is 11.4. The second-order valence-corrected chi connectivity index (χ2v) is 3.62. The third-order valence-corrected chi connectivity index (χ3v) is 2.71. The molecule has 1 aromatic heterocycles. The summed E-state index contributed by atoms with van der Waals surface area (Å²) in [7, 11) is 0. The van der Waals surface area contributed by atoms with Gasteiger partial charge >= 0.3 is 0 Å². The number of hydrogen-bond donors (Lipinski definition) is 2. The van der Waals surface area contributed by atoms with Crippen LogP contribution in [0.1, 0.15) is 30.9 Å². The Morgan fingerprint density at radius 2 is 2.38 bits per heavy atom. The molecule has 72 valence electrons. The molecule has 0 aromatic carbocycles. The number of nitrogens with zero attached hydrogens (tertiary/aromatic N) is 1. The fraction of sp³-hybridized carbons (Fsp3) is 0.667. The normalized spacial score (nSPS) is 17.3. The van der Waals surface area contributed by atoms with Crippen LogP contribution in [0.4, 0.5) is 0 Å². The summed E-state index contributed by atoms with van der Waals surface area (Å²) in [6, 6.07) is 1.71. The SMILES string of the molecule is NCCn1[nH]c(C2CCC2)cc1=O. The predicted octanol–water partition coefficient (Wildman–Crippen LogP) is 0.403. The number of aromatic amines is 1. The monoisotopic (exact) mass is 181 g/mol. The van der Waals surface area contributed by atoms with Crippen LogP contribution in [0.3, 0.4) is 0 Å². The zero-order chi connectivity index (χ0) is 9.26. The lowest BCUT2D eigenvalue weighted by molar-refractivity contribution is 0.405. The Labute approximate surface area is 76.7 Å². The van der Waals surface area contributed by atoms with Crippen molar-refractivity contribution in [1.82, 2.24) is 9.78 Å². The summed E-state index contributed by atoms with van der Waals surface area (Å²) in [5.74, 6) is 0.590. The van der Waals surface area contributed by atoms with Gasteiger partial charge in [0.05, 0.1) is 6.54 Å². The lowest BCUT2D eigenvalue weighted by Gasteiger charge is -2.23. The summed E-state index contributed by atoms with van der Waals surface area (Å²) in [5.41, 5.74) is 6.52. The first-order valence-corrected chi connectivity index (χ1v) is 4.81. The predicted molar refractivity (Wildman–Crippen MR) is 50.7 cm³/mol. The van der Waals surface area contributed by atoms with Crippen LogP contribution in [-0.4, -0.2) is 16.3 Å². The van der Waals surface area contributed by atoms with Crippen molar-refractivity contribution < 1.29 is 0 Å². The standard InChI is InChI=1S/C9H15N3O/c10-4-5-12-9(13)6-8(11-12)7-2-1-3-7/h6-7,11H,1-5,10H2. The molecular weight excluding hydrogens is 166 g/mol. The molecular formula is C9H15N3O. The van der Waals surface area contributed by atoms with Gasteiger partial charge in [-0.25, -0.2) is 0 Å². The molecule has 3 N–H and O–H groups in total. The molecule has 1 aliphatic carbocycles. The van der Waals surface area contributed by atoms with Crippen LogP contribution in [-0.2, 0) is 6.54 Å². The Kier molecular flexibility index (Phi) is 2.22. The third kappa shape index (κ3) is 1.54. The average Bonchev–Trinajstić information content (AvgIpc) is 2.30. The van der Waals surface area contributed by atoms with Crippen molar-refractivity contribution in [2.75, 3.05) is 6.54 Å². The van der Waals surface area contributed by atoms with Gasteiger partial charge in [-0.05, 0) is 12.8 Å². The van der Waals surface area contributed by atoms with Crippen LogP contribution in [0, 0.1) is 0 Å². The molecule has 0 bridgehead atoms.